The van der Waals surface area contributed by atoms with Crippen LogP contribution in [0.2, 0.25) is 0 Å². The van der Waals surface area contributed by atoms with Crippen LogP contribution in [0.4, 0.5) is 5.69 Å². The molecular formula is C16H14Cl3IN2O. The Balaban J connectivity index is 2.18. The van der Waals surface area contributed by atoms with Gasteiger partial charge in [-0.05, 0) is 65.4 Å². The average Bonchev–Trinajstić information content (AvgIpc) is 2.45. The van der Waals surface area contributed by atoms with E-state index in [4.69, 9.17) is 34.8 Å². The highest BCUT2D eigenvalue weighted by Gasteiger charge is 2.34. The number of hydrogen-bond acceptors (Lipinski definition) is 2. The summed E-state index contributed by atoms with van der Waals surface area (Å²) in [5, 5.41) is 5.76. The summed E-state index contributed by atoms with van der Waals surface area (Å²) in [4.78, 5) is 12.4. The molecule has 0 saturated carbocycles. The van der Waals surface area contributed by atoms with Crippen LogP contribution in [0, 0.1) is 10.5 Å². The Hall–Kier alpha value is -0.690. The van der Waals surface area contributed by atoms with Crippen LogP contribution in [0.25, 0.3) is 0 Å². The van der Waals surface area contributed by atoms with Crippen molar-refractivity contribution in [1.82, 2.24) is 5.32 Å². The van der Waals surface area contributed by atoms with Gasteiger partial charge in [-0.3, -0.25) is 4.79 Å². The van der Waals surface area contributed by atoms with Crippen molar-refractivity contribution in [3.8, 4) is 0 Å². The number of carbonyl (C=O) groups is 1. The molecule has 23 heavy (non-hydrogen) atoms. The van der Waals surface area contributed by atoms with Crippen LogP contribution in [0.1, 0.15) is 15.9 Å². The number of rotatable bonds is 4. The molecular weight excluding hydrogens is 469 g/mol. The molecule has 0 spiro atoms. The van der Waals surface area contributed by atoms with E-state index in [0.29, 0.717) is 5.56 Å². The van der Waals surface area contributed by atoms with Crippen LogP contribution in [0.15, 0.2) is 48.5 Å². The fraction of sp³-hybridized carbons (Fsp3) is 0.188. The number of aryl methyl sites for hydroxylation is 1. The number of halogens is 4. The molecule has 0 fully saturated rings. The van der Waals surface area contributed by atoms with Crippen molar-refractivity contribution >= 4 is 69.0 Å². The maximum Gasteiger partial charge on any atom is 0.253 e. The standard InChI is InChI=1S/C16H14Cl3IN2O/c1-10-4-2-7-13(8-10)21-15(16(17,18)19)22-14(23)11-5-3-6-12(20)9-11/h2-9,15,21H,1H3,(H,22,23)/t15-/m0/s1. The molecule has 1 atom stereocenters. The van der Waals surface area contributed by atoms with Crippen molar-refractivity contribution in [3.05, 3.63) is 63.2 Å². The SMILES string of the molecule is Cc1cccc(N[C@@H](NC(=O)c2cccc(I)c2)C(Cl)(Cl)Cl)c1. The Kier molecular flexibility index (Phi) is 6.42. The molecule has 3 nitrogen and oxygen atoms in total. The zero-order valence-corrected chi connectivity index (χ0v) is 16.5. The summed E-state index contributed by atoms with van der Waals surface area (Å²) in [7, 11) is 0. The van der Waals surface area contributed by atoms with Gasteiger partial charge in [0.15, 0.2) is 0 Å². The van der Waals surface area contributed by atoms with E-state index < -0.39 is 9.96 Å². The number of amides is 1. The molecule has 0 heterocycles. The second kappa shape index (κ2) is 7.92. The number of carbonyl (C=O) groups excluding carboxylic acids is 1. The lowest BCUT2D eigenvalue weighted by molar-refractivity contribution is 0.0942. The van der Waals surface area contributed by atoms with E-state index in [1.54, 1.807) is 18.2 Å². The van der Waals surface area contributed by atoms with Gasteiger partial charge in [0.25, 0.3) is 5.91 Å². The number of alkyl halides is 3. The molecule has 1 amide bonds. The number of benzene rings is 2. The van der Waals surface area contributed by atoms with Crippen LogP contribution in [0.5, 0.6) is 0 Å². The van der Waals surface area contributed by atoms with Gasteiger partial charge in [-0.1, -0.05) is 53.0 Å². The van der Waals surface area contributed by atoms with Crippen LogP contribution >= 0.6 is 57.4 Å². The van der Waals surface area contributed by atoms with E-state index in [2.05, 4.69) is 33.2 Å². The number of anilines is 1. The minimum Gasteiger partial charge on any atom is -0.362 e. The van der Waals surface area contributed by atoms with E-state index in [1.165, 1.54) is 0 Å². The molecule has 7 heteroatoms. The molecule has 122 valence electrons. The zero-order valence-electron chi connectivity index (χ0n) is 12.1. The summed E-state index contributed by atoms with van der Waals surface area (Å²) in [6, 6.07) is 14.8. The van der Waals surface area contributed by atoms with Crippen LogP contribution in [-0.4, -0.2) is 15.9 Å². The third kappa shape index (κ3) is 5.71. The Bertz CT molecular complexity index is 704. The van der Waals surface area contributed by atoms with Gasteiger partial charge in [-0.2, -0.15) is 0 Å². The quantitative estimate of drug-likeness (QED) is 0.359. The first kappa shape index (κ1) is 18.6. The maximum absolute atomic E-state index is 12.4. The van der Waals surface area contributed by atoms with Crippen molar-refractivity contribution in [3.63, 3.8) is 0 Å². The van der Waals surface area contributed by atoms with E-state index in [1.807, 2.05) is 37.3 Å². The lowest BCUT2D eigenvalue weighted by Crippen LogP contribution is -2.49. The van der Waals surface area contributed by atoms with Gasteiger partial charge in [-0.15, -0.1) is 0 Å². The molecule has 0 aliphatic carbocycles. The first-order valence-corrected chi connectivity index (χ1v) is 8.93. The molecule has 0 bridgehead atoms. The molecule has 0 radical (unpaired) electrons. The van der Waals surface area contributed by atoms with Crippen molar-refractivity contribution in [2.75, 3.05) is 5.32 Å². The third-order valence-electron chi connectivity index (χ3n) is 3.02. The van der Waals surface area contributed by atoms with Gasteiger partial charge < -0.3 is 10.6 Å². The molecule has 0 aliphatic heterocycles. The molecule has 0 aromatic heterocycles. The van der Waals surface area contributed by atoms with Crippen molar-refractivity contribution < 1.29 is 4.79 Å². The summed E-state index contributed by atoms with van der Waals surface area (Å²) >= 11 is 20.1. The normalized spacial score (nSPS) is 12.6. The van der Waals surface area contributed by atoms with Crippen molar-refractivity contribution in [2.24, 2.45) is 0 Å². The van der Waals surface area contributed by atoms with Crippen LogP contribution in [-0.2, 0) is 0 Å². The topological polar surface area (TPSA) is 41.1 Å². The summed E-state index contributed by atoms with van der Waals surface area (Å²) in [5.74, 6) is -0.319. The summed E-state index contributed by atoms with van der Waals surface area (Å²) in [6.45, 7) is 1.96. The average molecular weight is 484 g/mol. The van der Waals surface area contributed by atoms with Gasteiger partial charge in [0.05, 0.1) is 0 Å². The van der Waals surface area contributed by atoms with Gasteiger partial charge in [0.1, 0.15) is 6.17 Å². The highest BCUT2D eigenvalue weighted by molar-refractivity contribution is 14.1. The zero-order chi connectivity index (χ0) is 17.0. The summed E-state index contributed by atoms with van der Waals surface area (Å²) in [5.41, 5.74) is 2.31. The predicted octanol–water partition coefficient (Wildman–Crippen LogP) is 5.14. The van der Waals surface area contributed by atoms with Gasteiger partial charge in [0.2, 0.25) is 3.79 Å². The first-order valence-electron chi connectivity index (χ1n) is 6.72. The van der Waals surface area contributed by atoms with Crippen LogP contribution in [0.3, 0.4) is 0 Å². The molecule has 2 rings (SSSR count). The largest absolute Gasteiger partial charge is 0.362 e. The Morgan fingerprint density at radius 1 is 1.13 bits per heavy atom. The Labute approximate surface area is 163 Å². The lowest BCUT2D eigenvalue weighted by Gasteiger charge is -2.27. The fourth-order valence-corrected chi connectivity index (χ4v) is 2.82. The summed E-state index contributed by atoms with van der Waals surface area (Å²) in [6.07, 6.45) is -0.875. The van der Waals surface area contributed by atoms with Gasteiger partial charge >= 0.3 is 0 Å². The van der Waals surface area contributed by atoms with Gasteiger partial charge in [-0.25, -0.2) is 0 Å². The number of nitrogens with one attached hydrogen (secondary N) is 2. The molecule has 2 aromatic carbocycles. The number of hydrogen-bond donors (Lipinski definition) is 2. The minimum absolute atomic E-state index is 0.319. The van der Waals surface area contributed by atoms with Crippen molar-refractivity contribution in [2.45, 2.75) is 16.9 Å². The highest BCUT2D eigenvalue weighted by atomic mass is 127. The molecule has 0 unspecified atom stereocenters. The smallest absolute Gasteiger partial charge is 0.253 e. The predicted molar refractivity (Wildman–Crippen MR) is 106 cm³/mol. The highest BCUT2D eigenvalue weighted by Crippen LogP contribution is 2.31. The summed E-state index contributed by atoms with van der Waals surface area (Å²) < 4.78 is -0.756. The molecule has 2 aromatic rings. The monoisotopic (exact) mass is 482 g/mol. The van der Waals surface area contributed by atoms with Crippen LogP contribution < -0.4 is 10.6 Å². The first-order chi connectivity index (χ1) is 10.8. The fourth-order valence-electron chi connectivity index (χ4n) is 1.95. The maximum atomic E-state index is 12.4. The molecule has 2 N–H and O–H groups in total. The third-order valence-corrected chi connectivity index (χ3v) is 4.34. The van der Waals surface area contributed by atoms with E-state index >= 15 is 0 Å². The van der Waals surface area contributed by atoms with Crippen molar-refractivity contribution in [1.29, 1.82) is 0 Å². The second-order valence-corrected chi connectivity index (χ2v) is 8.59. The lowest BCUT2D eigenvalue weighted by atomic mass is 10.2. The minimum atomic E-state index is -1.71. The Morgan fingerprint density at radius 2 is 1.83 bits per heavy atom. The Morgan fingerprint density at radius 3 is 2.43 bits per heavy atom. The van der Waals surface area contributed by atoms with E-state index in [0.717, 1.165) is 14.8 Å². The molecule has 0 saturated heterocycles. The van der Waals surface area contributed by atoms with E-state index in [9.17, 15) is 4.79 Å². The molecule has 0 aliphatic rings. The van der Waals surface area contributed by atoms with Gasteiger partial charge in [0, 0.05) is 14.8 Å². The second-order valence-electron chi connectivity index (χ2n) is 4.97. The van der Waals surface area contributed by atoms with E-state index in [-0.39, 0.29) is 5.91 Å².